The molecule has 0 aliphatic heterocycles. The van der Waals surface area contributed by atoms with Crippen LogP contribution in [0.3, 0.4) is 0 Å². The lowest BCUT2D eigenvalue weighted by atomic mass is 9.98. The zero-order valence-corrected chi connectivity index (χ0v) is 14.5. The molecule has 0 aliphatic rings. The predicted octanol–water partition coefficient (Wildman–Crippen LogP) is 4.43. The largest absolute Gasteiger partial charge is 0.493 e. The first kappa shape index (κ1) is 16.1. The molecule has 0 radical (unpaired) electrons. The van der Waals surface area contributed by atoms with Crippen LogP contribution in [-0.4, -0.2) is 21.3 Å². The van der Waals surface area contributed by atoms with Crippen molar-refractivity contribution in [1.29, 1.82) is 0 Å². The summed E-state index contributed by atoms with van der Waals surface area (Å²) in [5.41, 5.74) is 2.05. The minimum absolute atomic E-state index is 0.0326. The summed E-state index contributed by atoms with van der Waals surface area (Å²) in [6.45, 7) is 0. The fourth-order valence-corrected chi connectivity index (χ4v) is 2.88. The number of nitrogens with one attached hydrogen (secondary N) is 1. The highest BCUT2D eigenvalue weighted by atomic mass is 79.9. The van der Waals surface area contributed by atoms with Gasteiger partial charge in [-0.3, -0.25) is 0 Å². The maximum absolute atomic E-state index is 6.34. The molecule has 2 aromatic rings. The summed E-state index contributed by atoms with van der Waals surface area (Å²) in [6.07, 6.45) is 0. The summed E-state index contributed by atoms with van der Waals surface area (Å²) in [5, 5.41) is 4.00. The summed E-state index contributed by atoms with van der Waals surface area (Å²) in [4.78, 5) is 0. The molecule has 1 atom stereocenters. The molecule has 0 amide bonds. The molecule has 2 aromatic carbocycles. The van der Waals surface area contributed by atoms with Crippen LogP contribution in [0, 0.1) is 0 Å². The Bertz CT molecular complexity index is 634. The third-order valence-electron chi connectivity index (χ3n) is 3.30. The molecule has 0 saturated carbocycles. The van der Waals surface area contributed by atoms with E-state index in [0.29, 0.717) is 16.5 Å². The minimum Gasteiger partial charge on any atom is -0.493 e. The summed E-state index contributed by atoms with van der Waals surface area (Å²) in [5.74, 6) is 1.40. The van der Waals surface area contributed by atoms with E-state index in [0.717, 1.165) is 15.6 Å². The molecule has 21 heavy (non-hydrogen) atoms. The zero-order valence-electron chi connectivity index (χ0n) is 12.1. The number of halogens is 2. The number of methoxy groups -OCH3 is 2. The van der Waals surface area contributed by atoms with Crippen molar-refractivity contribution in [3.05, 3.63) is 57.0 Å². The maximum atomic E-state index is 6.34. The van der Waals surface area contributed by atoms with Crippen molar-refractivity contribution in [3.63, 3.8) is 0 Å². The molecule has 0 bridgehead atoms. The molecule has 0 saturated heterocycles. The van der Waals surface area contributed by atoms with Gasteiger partial charge in [-0.1, -0.05) is 33.6 Å². The maximum Gasteiger partial charge on any atom is 0.161 e. The minimum atomic E-state index is -0.0326. The van der Waals surface area contributed by atoms with E-state index >= 15 is 0 Å². The van der Waals surface area contributed by atoms with Gasteiger partial charge in [0.15, 0.2) is 11.5 Å². The summed E-state index contributed by atoms with van der Waals surface area (Å²) < 4.78 is 11.6. The van der Waals surface area contributed by atoms with Crippen molar-refractivity contribution in [2.75, 3.05) is 21.3 Å². The van der Waals surface area contributed by atoms with E-state index in [4.69, 9.17) is 21.1 Å². The molecule has 1 N–H and O–H groups in total. The Kier molecular flexibility index (Phi) is 5.51. The van der Waals surface area contributed by atoms with Gasteiger partial charge in [0.05, 0.1) is 20.3 Å². The van der Waals surface area contributed by atoms with Crippen molar-refractivity contribution in [2.24, 2.45) is 0 Å². The number of hydrogen-bond acceptors (Lipinski definition) is 3. The van der Waals surface area contributed by atoms with Gasteiger partial charge in [0, 0.05) is 9.50 Å². The lowest BCUT2D eigenvalue weighted by Crippen LogP contribution is -2.18. The Hall–Kier alpha value is -1.23. The molecule has 0 aliphatic carbocycles. The van der Waals surface area contributed by atoms with Crippen LogP contribution in [0.2, 0.25) is 5.02 Å². The predicted molar refractivity (Wildman–Crippen MR) is 89.6 cm³/mol. The fourth-order valence-electron chi connectivity index (χ4n) is 2.27. The lowest BCUT2D eigenvalue weighted by Gasteiger charge is -2.20. The normalized spacial score (nSPS) is 12.0. The topological polar surface area (TPSA) is 30.5 Å². The molecule has 0 heterocycles. The van der Waals surface area contributed by atoms with Crippen LogP contribution in [-0.2, 0) is 0 Å². The van der Waals surface area contributed by atoms with E-state index in [2.05, 4.69) is 21.2 Å². The first-order chi connectivity index (χ1) is 10.1. The van der Waals surface area contributed by atoms with E-state index in [9.17, 15) is 0 Å². The Labute approximate surface area is 138 Å². The van der Waals surface area contributed by atoms with E-state index in [1.807, 2.05) is 43.4 Å². The number of ether oxygens (including phenoxy) is 2. The zero-order chi connectivity index (χ0) is 15.4. The molecule has 2 rings (SSSR count). The molecule has 0 spiro atoms. The average molecular weight is 371 g/mol. The summed E-state index contributed by atoms with van der Waals surface area (Å²) >= 11 is 9.82. The second-order valence-electron chi connectivity index (χ2n) is 4.50. The van der Waals surface area contributed by atoms with Crippen LogP contribution in [0.25, 0.3) is 0 Å². The molecule has 1 unspecified atom stereocenters. The van der Waals surface area contributed by atoms with Crippen LogP contribution >= 0.6 is 27.5 Å². The molecule has 3 nitrogen and oxygen atoms in total. The van der Waals surface area contributed by atoms with E-state index in [1.54, 1.807) is 14.2 Å². The van der Waals surface area contributed by atoms with Gasteiger partial charge >= 0.3 is 0 Å². The SMILES string of the molecule is CNC(c1ccc(OC)c(OC)c1)c1cc(Br)ccc1Cl. The monoisotopic (exact) mass is 369 g/mol. The van der Waals surface area contributed by atoms with E-state index in [1.165, 1.54) is 0 Å². The molecule has 0 fully saturated rings. The smallest absolute Gasteiger partial charge is 0.161 e. The lowest BCUT2D eigenvalue weighted by molar-refractivity contribution is 0.354. The quantitative estimate of drug-likeness (QED) is 0.844. The summed E-state index contributed by atoms with van der Waals surface area (Å²) in [6, 6.07) is 11.6. The third-order valence-corrected chi connectivity index (χ3v) is 4.14. The first-order valence-corrected chi connectivity index (χ1v) is 7.62. The Balaban J connectivity index is 2.48. The number of rotatable bonds is 5. The van der Waals surface area contributed by atoms with Gasteiger partial charge in [-0.25, -0.2) is 0 Å². The van der Waals surface area contributed by atoms with Gasteiger partial charge in [0.25, 0.3) is 0 Å². The third kappa shape index (κ3) is 3.51. The fraction of sp³-hybridized carbons (Fsp3) is 0.250. The van der Waals surface area contributed by atoms with Crippen LogP contribution < -0.4 is 14.8 Å². The van der Waals surface area contributed by atoms with Crippen molar-refractivity contribution < 1.29 is 9.47 Å². The van der Waals surface area contributed by atoms with Gasteiger partial charge in [-0.15, -0.1) is 0 Å². The molecule has 5 heteroatoms. The summed E-state index contributed by atoms with van der Waals surface area (Å²) in [7, 11) is 5.15. The van der Waals surface area contributed by atoms with Gasteiger partial charge in [0.1, 0.15) is 0 Å². The van der Waals surface area contributed by atoms with Gasteiger partial charge in [-0.05, 0) is 48.5 Å². The highest BCUT2D eigenvalue weighted by Gasteiger charge is 2.17. The average Bonchev–Trinajstić information content (AvgIpc) is 2.51. The second kappa shape index (κ2) is 7.16. The number of benzene rings is 2. The van der Waals surface area contributed by atoms with Crippen molar-refractivity contribution >= 4 is 27.5 Å². The number of hydrogen-bond donors (Lipinski definition) is 1. The van der Waals surface area contributed by atoms with Crippen LogP contribution in [0.4, 0.5) is 0 Å². The van der Waals surface area contributed by atoms with Gasteiger partial charge in [0.2, 0.25) is 0 Å². The first-order valence-electron chi connectivity index (χ1n) is 6.44. The van der Waals surface area contributed by atoms with E-state index < -0.39 is 0 Å². The Morgan fingerprint density at radius 3 is 2.38 bits per heavy atom. The van der Waals surface area contributed by atoms with Gasteiger partial charge < -0.3 is 14.8 Å². The molecule has 0 aromatic heterocycles. The van der Waals surface area contributed by atoms with Crippen molar-refractivity contribution in [1.82, 2.24) is 5.32 Å². The van der Waals surface area contributed by atoms with E-state index in [-0.39, 0.29) is 6.04 Å². The van der Waals surface area contributed by atoms with Crippen molar-refractivity contribution in [2.45, 2.75) is 6.04 Å². The molecular formula is C16H17BrClNO2. The Morgan fingerprint density at radius 1 is 1.05 bits per heavy atom. The van der Waals surface area contributed by atoms with Crippen molar-refractivity contribution in [3.8, 4) is 11.5 Å². The highest BCUT2D eigenvalue weighted by Crippen LogP contribution is 2.35. The van der Waals surface area contributed by atoms with Gasteiger partial charge in [-0.2, -0.15) is 0 Å². The second-order valence-corrected chi connectivity index (χ2v) is 5.82. The molecule has 112 valence electrons. The highest BCUT2D eigenvalue weighted by molar-refractivity contribution is 9.10. The standard InChI is InChI=1S/C16H17BrClNO2/c1-19-16(12-9-11(17)5-6-13(12)18)10-4-7-14(20-2)15(8-10)21-3/h4-9,16,19H,1-3H3. The molecular weight excluding hydrogens is 354 g/mol. The Morgan fingerprint density at radius 2 is 1.76 bits per heavy atom. The van der Waals surface area contributed by atoms with Crippen LogP contribution in [0.5, 0.6) is 11.5 Å². The van der Waals surface area contributed by atoms with Crippen LogP contribution in [0.15, 0.2) is 40.9 Å². The van der Waals surface area contributed by atoms with Crippen LogP contribution in [0.1, 0.15) is 17.2 Å².